The lowest BCUT2D eigenvalue weighted by molar-refractivity contribution is -0.135. The van der Waals surface area contributed by atoms with E-state index in [1.165, 1.54) is 4.31 Å². The van der Waals surface area contributed by atoms with Crippen LogP contribution in [0.4, 0.5) is 0 Å². The zero-order chi connectivity index (χ0) is 20.1. The third kappa shape index (κ3) is 5.43. The van der Waals surface area contributed by atoms with Crippen molar-refractivity contribution in [3.8, 4) is 0 Å². The number of rotatable bonds is 6. The van der Waals surface area contributed by atoms with E-state index in [4.69, 9.17) is 0 Å². The summed E-state index contributed by atoms with van der Waals surface area (Å²) in [6.07, 6.45) is 1.13. The van der Waals surface area contributed by atoms with E-state index in [9.17, 15) is 13.2 Å². The Labute approximate surface area is 175 Å². The third-order valence-electron chi connectivity index (χ3n) is 5.10. The van der Waals surface area contributed by atoms with Gasteiger partial charge in [-0.2, -0.15) is 0 Å². The highest BCUT2D eigenvalue weighted by molar-refractivity contribution is 9.10. The van der Waals surface area contributed by atoms with Crippen LogP contribution in [0, 0.1) is 5.92 Å². The van der Waals surface area contributed by atoms with Crippen LogP contribution in [0.2, 0.25) is 0 Å². The lowest BCUT2D eigenvalue weighted by Crippen LogP contribution is -2.43. The minimum absolute atomic E-state index is 0.00714. The molecule has 5 nitrogen and oxygen atoms in total. The second-order valence-corrected chi connectivity index (χ2v) is 10.1. The molecule has 0 aliphatic carbocycles. The first-order valence-electron chi connectivity index (χ1n) is 9.36. The van der Waals surface area contributed by atoms with E-state index in [2.05, 4.69) is 15.9 Å². The Hall–Kier alpha value is -1.70. The molecule has 1 amide bonds. The first-order valence-corrected chi connectivity index (χ1v) is 11.8. The van der Waals surface area contributed by atoms with Crippen molar-refractivity contribution in [2.24, 2.45) is 5.92 Å². The molecule has 7 heteroatoms. The van der Waals surface area contributed by atoms with Crippen LogP contribution in [-0.4, -0.2) is 43.7 Å². The number of hydrogen-bond donors (Lipinski definition) is 0. The van der Waals surface area contributed by atoms with Crippen molar-refractivity contribution >= 4 is 31.9 Å². The van der Waals surface area contributed by atoms with Gasteiger partial charge in [0, 0.05) is 37.1 Å². The fraction of sp³-hybridized carbons (Fsp3) is 0.381. The van der Waals surface area contributed by atoms with E-state index in [-0.39, 0.29) is 17.6 Å². The standard InChI is InChI=1S/C21H25BrN2O3S/c1-23(15-17-5-3-2-4-6-17)21(25)19-11-13-24(14-12-19)28(26,27)16-18-7-9-20(22)10-8-18/h2-10,19H,11-16H2,1H3. The van der Waals surface area contributed by atoms with Gasteiger partial charge in [-0.25, -0.2) is 12.7 Å². The molecule has 2 aromatic carbocycles. The topological polar surface area (TPSA) is 57.7 Å². The van der Waals surface area contributed by atoms with Crippen LogP contribution >= 0.6 is 15.9 Å². The highest BCUT2D eigenvalue weighted by atomic mass is 79.9. The summed E-state index contributed by atoms with van der Waals surface area (Å²) in [5, 5.41) is 0. The van der Waals surface area contributed by atoms with Gasteiger partial charge in [0.1, 0.15) is 0 Å². The first-order chi connectivity index (χ1) is 13.3. The van der Waals surface area contributed by atoms with E-state index >= 15 is 0 Å². The molecule has 1 aliphatic rings. The summed E-state index contributed by atoms with van der Waals surface area (Å²) in [5.74, 6) is -0.0334. The molecule has 0 N–H and O–H groups in total. The molecule has 0 radical (unpaired) electrons. The number of piperidine rings is 1. The molecular formula is C21H25BrN2O3S. The molecule has 1 aliphatic heterocycles. The fourth-order valence-electron chi connectivity index (χ4n) is 3.51. The summed E-state index contributed by atoms with van der Waals surface area (Å²) < 4.78 is 27.9. The zero-order valence-electron chi connectivity index (χ0n) is 15.9. The quantitative estimate of drug-likeness (QED) is 0.655. The Balaban J connectivity index is 1.54. The summed E-state index contributed by atoms with van der Waals surface area (Å²) in [6, 6.07) is 17.2. The molecule has 3 rings (SSSR count). The molecule has 2 aromatic rings. The SMILES string of the molecule is CN(Cc1ccccc1)C(=O)C1CCN(S(=O)(=O)Cc2ccc(Br)cc2)CC1. The molecule has 0 spiro atoms. The van der Waals surface area contributed by atoms with E-state index in [1.54, 1.807) is 4.90 Å². The minimum Gasteiger partial charge on any atom is -0.341 e. The number of carbonyl (C=O) groups is 1. The molecular weight excluding hydrogens is 440 g/mol. The number of carbonyl (C=O) groups excluding carboxylic acids is 1. The van der Waals surface area contributed by atoms with E-state index in [0.717, 1.165) is 15.6 Å². The maximum Gasteiger partial charge on any atom is 0.225 e. The van der Waals surface area contributed by atoms with E-state index in [0.29, 0.717) is 32.5 Å². The van der Waals surface area contributed by atoms with Gasteiger partial charge in [-0.15, -0.1) is 0 Å². The predicted molar refractivity (Wildman–Crippen MR) is 114 cm³/mol. The van der Waals surface area contributed by atoms with Crippen LogP contribution in [0.15, 0.2) is 59.1 Å². The first kappa shape index (κ1) is 21.0. The van der Waals surface area contributed by atoms with Crippen molar-refractivity contribution in [3.63, 3.8) is 0 Å². The van der Waals surface area contributed by atoms with Gasteiger partial charge < -0.3 is 4.90 Å². The van der Waals surface area contributed by atoms with Crippen molar-refractivity contribution in [1.82, 2.24) is 9.21 Å². The van der Waals surface area contributed by atoms with Crippen molar-refractivity contribution in [2.75, 3.05) is 20.1 Å². The number of nitrogens with zero attached hydrogens (tertiary/aromatic N) is 2. The number of benzene rings is 2. The summed E-state index contributed by atoms with van der Waals surface area (Å²) in [5.41, 5.74) is 1.86. The van der Waals surface area contributed by atoms with Gasteiger partial charge in [0.05, 0.1) is 5.75 Å². The summed E-state index contributed by atoms with van der Waals surface area (Å²) in [4.78, 5) is 14.5. The average molecular weight is 465 g/mol. The molecule has 0 saturated carbocycles. The van der Waals surface area contributed by atoms with Crippen molar-refractivity contribution in [1.29, 1.82) is 0 Å². The Morgan fingerprint density at radius 2 is 1.64 bits per heavy atom. The van der Waals surface area contributed by atoms with Crippen LogP contribution in [0.25, 0.3) is 0 Å². The third-order valence-corrected chi connectivity index (χ3v) is 7.48. The van der Waals surface area contributed by atoms with Crippen LogP contribution in [0.1, 0.15) is 24.0 Å². The van der Waals surface area contributed by atoms with Crippen LogP contribution in [-0.2, 0) is 27.1 Å². The summed E-state index contributed by atoms with van der Waals surface area (Å²) in [7, 11) is -1.56. The van der Waals surface area contributed by atoms with Gasteiger partial charge in [0.25, 0.3) is 0 Å². The number of hydrogen-bond acceptors (Lipinski definition) is 3. The highest BCUT2D eigenvalue weighted by Crippen LogP contribution is 2.24. The van der Waals surface area contributed by atoms with Gasteiger partial charge in [0.15, 0.2) is 0 Å². The fourth-order valence-corrected chi connectivity index (χ4v) is 5.34. The minimum atomic E-state index is -3.37. The molecule has 1 fully saturated rings. The second-order valence-electron chi connectivity index (χ2n) is 7.24. The molecule has 1 saturated heterocycles. The van der Waals surface area contributed by atoms with Crippen molar-refractivity contribution in [2.45, 2.75) is 25.1 Å². The molecule has 0 aromatic heterocycles. The maximum absolute atomic E-state index is 12.7. The highest BCUT2D eigenvalue weighted by Gasteiger charge is 2.32. The average Bonchev–Trinajstić information content (AvgIpc) is 2.70. The molecule has 0 unspecified atom stereocenters. The smallest absolute Gasteiger partial charge is 0.225 e. The molecule has 150 valence electrons. The van der Waals surface area contributed by atoms with Crippen LogP contribution in [0.3, 0.4) is 0 Å². The van der Waals surface area contributed by atoms with Crippen molar-refractivity contribution < 1.29 is 13.2 Å². The Kier molecular flexibility index (Phi) is 6.91. The van der Waals surface area contributed by atoms with Gasteiger partial charge in [-0.3, -0.25) is 4.79 Å². The van der Waals surface area contributed by atoms with Gasteiger partial charge in [-0.1, -0.05) is 58.4 Å². The molecule has 0 atom stereocenters. The van der Waals surface area contributed by atoms with Gasteiger partial charge in [0.2, 0.25) is 15.9 Å². The molecule has 28 heavy (non-hydrogen) atoms. The maximum atomic E-state index is 12.7. The number of amides is 1. The predicted octanol–water partition coefficient (Wildman–Crippen LogP) is 3.65. The summed E-state index contributed by atoms with van der Waals surface area (Å²) in [6.45, 7) is 1.37. The van der Waals surface area contributed by atoms with Gasteiger partial charge >= 0.3 is 0 Å². The molecule has 0 bridgehead atoms. The largest absolute Gasteiger partial charge is 0.341 e. The van der Waals surface area contributed by atoms with Crippen molar-refractivity contribution in [3.05, 3.63) is 70.2 Å². The summed E-state index contributed by atoms with van der Waals surface area (Å²) >= 11 is 3.36. The van der Waals surface area contributed by atoms with Crippen LogP contribution in [0.5, 0.6) is 0 Å². The lowest BCUT2D eigenvalue weighted by atomic mass is 9.96. The Morgan fingerprint density at radius 1 is 1.04 bits per heavy atom. The normalized spacial score (nSPS) is 16.1. The van der Waals surface area contributed by atoms with Gasteiger partial charge in [-0.05, 0) is 36.1 Å². The van der Waals surface area contributed by atoms with E-state index in [1.807, 2.05) is 61.6 Å². The monoisotopic (exact) mass is 464 g/mol. The second kappa shape index (κ2) is 9.20. The lowest BCUT2D eigenvalue weighted by Gasteiger charge is -2.32. The Bertz CT molecular complexity index is 893. The number of sulfonamides is 1. The Morgan fingerprint density at radius 3 is 2.25 bits per heavy atom. The van der Waals surface area contributed by atoms with E-state index < -0.39 is 10.0 Å². The van der Waals surface area contributed by atoms with Crippen LogP contribution < -0.4 is 0 Å². The zero-order valence-corrected chi connectivity index (χ0v) is 18.3. The molecule has 1 heterocycles. The number of halogens is 1.